The summed E-state index contributed by atoms with van der Waals surface area (Å²) >= 11 is 7.53. The van der Waals surface area contributed by atoms with Gasteiger partial charge in [-0.3, -0.25) is 4.79 Å². The normalized spacial score (nSPS) is 12.0. The van der Waals surface area contributed by atoms with Gasteiger partial charge in [0.1, 0.15) is 11.0 Å². The van der Waals surface area contributed by atoms with Crippen LogP contribution in [0.2, 0.25) is 5.15 Å². The van der Waals surface area contributed by atoms with E-state index in [-0.39, 0.29) is 11.9 Å². The van der Waals surface area contributed by atoms with Gasteiger partial charge in [0.25, 0.3) is 5.91 Å². The lowest BCUT2D eigenvalue weighted by atomic mass is 10.2. The Bertz CT molecular complexity index is 400. The van der Waals surface area contributed by atoms with Gasteiger partial charge >= 0.3 is 0 Å². The number of aromatic nitrogens is 1. The number of carbonyl (C=O) groups excluding carboxylic acids is 1. The van der Waals surface area contributed by atoms with Crippen molar-refractivity contribution in [2.24, 2.45) is 0 Å². The predicted molar refractivity (Wildman–Crippen MR) is 74.1 cm³/mol. The van der Waals surface area contributed by atoms with E-state index in [0.717, 1.165) is 5.75 Å². The van der Waals surface area contributed by atoms with Gasteiger partial charge in [0, 0.05) is 24.4 Å². The number of thioether (sulfide) groups is 1. The van der Waals surface area contributed by atoms with Crippen molar-refractivity contribution in [3.05, 3.63) is 22.8 Å². The molecule has 0 fully saturated rings. The molecule has 0 saturated heterocycles. The number of hydrogen-bond acceptors (Lipinski definition) is 4. The molecule has 1 atom stereocenters. The lowest BCUT2D eigenvalue weighted by molar-refractivity contribution is 0.0943. The van der Waals surface area contributed by atoms with Gasteiger partial charge in [0.2, 0.25) is 0 Å². The number of pyridine rings is 1. The molecule has 1 amide bonds. The number of carbonyl (C=O) groups is 1. The molecule has 94 valence electrons. The number of halogens is 1. The Kier molecular flexibility index (Phi) is 5.58. The van der Waals surface area contributed by atoms with Gasteiger partial charge in [-0.05, 0) is 25.3 Å². The van der Waals surface area contributed by atoms with Crippen molar-refractivity contribution < 1.29 is 4.79 Å². The van der Waals surface area contributed by atoms with E-state index in [4.69, 9.17) is 11.6 Å². The summed E-state index contributed by atoms with van der Waals surface area (Å²) in [4.78, 5) is 15.9. The highest BCUT2D eigenvalue weighted by Gasteiger charge is 2.11. The Morgan fingerprint density at radius 2 is 2.29 bits per heavy atom. The fourth-order valence-electron chi connectivity index (χ4n) is 1.35. The quantitative estimate of drug-likeness (QED) is 0.808. The number of anilines is 1. The van der Waals surface area contributed by atoms with Crippen LogP contribution in [0.25, 0.3) is 0 Å². The van der Waals surface area contributed by atoms with Crippen molar-refractivity contribution in [3.8, 4) is 0 Å². The summed E-state index contributed by atoms with van der Waals surface area (Å²) in [6, 6.07) is 3.36. The first-order valence-electron chi connectivity index (χ1n) is 5.22. The molecular weight excluding hydrogens is 258 g/mol. The van der Waals surface area contributed by atoms with E-state index in [1.165, 1.54) is 0 Å². The van der Waals surface area contributed by atoms with E-state index in [0.29, 0.717) is 16.5 Å². The van der Waals surface area contributed by atoms with Gasteiger partial charge in [-0.15, -0.1) is 0 Å². The molecule has 1 rings (SSSR count). The molecular formula is C11H16ClN3OS. The highest BCUT2D eigenvalue weighted by atomic mass is 35.5. The fraction of sp³-hybridized carbons (Fsp3) is 0.455. The zero-order valence-corrected chi connectivity index (χ0v) is 11.7. The maximum atomic E-state index is 11.9. The molecule has 1 heterocycles. The molecule has 0 spiro atoms. The lowest BCUT2D eigenvalue weighted by Crippen LogP contribution is -2.34. The average Bonchev–Trinajstić information content (AvgIpc) is 2.28. The van der Waals surface area contributed by atoms with Crippen LogP contribution in [0.3, 0.4) is 0 Å². The number of nitrogens with zero attached hydrogens (tertiary/aromatic N) is 1. The molecule has 1 aromatic rings. The summed E-state index contributed by atoms with van der Waals surface area (Å²) in [5.74, 6) is 1.33. The van der Waals surface area contributed by atoms with E-state index in [1.54, 1.807) is 30.9 Å². The molecule has 17 heavy (non-hydrogen) atoms. The molecule has 0 bridgehead atoms. The monoisotopic (exact) mass is 273 g/mol. The second-order valence-electron chi connectivity index (χ2n) is 3.64. The summed E-state index contributed by atoms with van der Waals surface area (Å²) < 4.78 is 0. The molecule has 1 unspecified atom stereocenters. The zero-order valence-electron chi connectivity index (χ0n) is 10.1. The molecule has 6 heteroatoms. The summed E-state index contributed by atoms with van der Waals surface area (Å²) in [7, 11) is 1.73. The first kappa shape index (κ1) is 14.1. The average molecular weight is 274 g/mol. The van der Waals surface area contributed by atoms with Crippen LogP contribution in [0.1, 0.15) is 17.3 Å². The zero-order chi connectivity index (χ0) is 12.8. The van der Waals surface area contributed by atoms with Crippen LogP contribution in [0.4, 0.5) is 5.82 Å². The topological polar surface area (TPSA) is 54.0 Å². The van der Waals surface area contributed by atoms with E-state index in [2.05, 4.69) is 15.6 Å². The molecule has 0 aliphatic heterocycles. The second-order valence-corrected chi connectivity index (χ2v) is 4.94. The van der Waals surface area contributed by atoms with Crippen molar-refractivity contribution in [3.63, 3.8) is 0 Å². The Morgan fingerprint density at radius 1 is 1.59 bits per heavy atom. The maximum absolute atomic E-state index is 11.9. The fourth-order valence-corrected chi connectivity index (χ4v) is 2.15. The van der Waals surface area contributed by atoms with Gasteiger partial charge in [-0.25, -0.2) is 4.98 Å². The third kappa shape index (κ3) is 4.44. The minimum Gasteiger partial charge on any atom is -0.373 e. The van der Waals surface area contributed by atoms with Gasteiger partial charge < -0.3 is 10.6 Å². The highest BCUT2D eigenvalue weighted by molar-refractivity contribution is 7.98. The largest absolute Gasteiger partial charge is 0.373 e. The SMILES string of the molecule is CNc1cc(C(=O)NC(C)CSC)cc(Cl)n1. The second kappa shape index (κ2) is 6.71. The lowest BCUT2D eigenvalue weighted by Gasteiger charge is -2.13. The van der Waals surface area contributed by atoms with Gasteiger partial charge in [-0.1, -0.05) is 11.6 Å². The number of rotatable bonds is 5. The van der Waals surface area contributed by atoms with Crippen LogP contribution < -0.4 is 10.6 Å². The summed E-state index contributed by atoms with van der Waals surface area (Å²) in [6.07, 6.45) is 2.01. The molecule has 0 aliphatic carbocycles. The molecule has 0 aliphatic rings. The number of nitrogens with one attached hydrogen (secondary N) is 2. The van der Waals surface area contributed by atoms with E-state index < -0.39 is 0 Å². The molecule has 1 aromatic heterocycles. The molecule has 0 radical (unpaired) electrons. The number of hydrogen-bond donors (Lipinski definition) is 2. The Labute approximate surface area is 111 Å². The van der Waals surface area contributed by atoms with Crippen LogP contribution >= 0.6 is 23.4 Å². The van der Waals surface area contributed by atoms with Crippen molar-refractivity contribution >= 4 is 35.1 Å². The van der Waals surface area contributed by atoms with E-state index in [9.17, 15) is 4.79 Å². The van der Waals surface area contributed by atoms with Crippen LogP contribution in [0.5, 0.6) is 0 Å². The van der Waals surface area contributed by atoms with Crippen LogP contribution in [-0.4, -0.2) is 36.0 Å². The molecule has 0 saturated carbocycles. The third-order valence-electron chi connectivity index (χ3n) is 2.11. The van der Waals surface area contributed by atoms with Crippen molar-refractivity contribution in [2.45, 2.75) is 13.0 Å². The maximum Gasteiger partial charge on any atom is 0.251 e. The first-order valence-corrected chi connectivity index (χ1v) is 6.99. The van der Waals surface area contributed by atoms with Crippen LogP contribution in [0, 0.1) is 0 Å². The minimum absolute atomic E-state index is 0.127. The van der Waals surface area contributed by atoms with Crippen molar-refractivity contribution in [1.82, 2.24) is 10.3 Å². The predicted octanol–water partition coefficient (Wildman–Crippen LogP) is 2.26. The summed E-state index contributed by atoms with van der Waals surface area (Å²) in [6.45, 7) is 1.97. The summed E-state index contributed by atoms with van der Waals surface area (Å²) in [5.41, 5.74) is 0.516. The van der Waals surface area contributed by atoms with Crippen molar-refractivity contribution in [2.75, 3.05) is 24.4 Å². The van der Waals surface area contributed by atoms with Gasteiger partial charge in [0.05, 0.1) is 0 Å². The first-order chi connectivity index (χ1) is 8.06. The third-order valence-corrected chi connectivity index (χ3v) is 3.13. The highest BCUT2D eigenvalue weighted by Crippen LogP contribution is 2.14. The minimum atomic E-state index is -0.132. The smallest absolute Gasteiger partial charge is 0.251 e. The Morgan fingerprint density at radius 3 is 2.88 bits per heavy atom. The molecule has 4 nitrogen and oxygen atoms in total. The molecule has 2 N–H and O–H groups in total. The number of amides is 1. The van der Waals surface area contributed by atoms with E-state index in [1.807, 2.05) is 13.2 Å². The Balaban J connectivity index is 2.78. The standard InChI is InChI=1S/C11H16ClN3OS/c1-7(6-17-3)14-11(16)8-4-9(12)15-10(5-8)13-2/h4-5,7H,6H2,1-3H3,(H,13,15)(H,14,16). The van der Waals surface area contributed by atoms with Gasteiger partial charge in [0.15, 0.2) is 0 Å². The molecule has 0 aromatic carbocycles. The van der Waals surface area contributed by atoms with Gasteiger partial charge in [-0.2, -0.15) is 11.8 Å². The van der Waals surface area contributed by atoms with E-state index >= 15 is 0 Å². The summed E-state index contributed by atoms with van der Waals surface area (Å²) in [5, 5.41) is 6.07. The van der Waals surface area contributed by atoms with Crippen molar-refractivity contribution in [1.29, 1.82) is 0 Å². The van der Waals surface area contributed by atoms with Crippen LogP contribution in [-0.2, 0) is 0 Å². The Hall–Kier alpha value is -0.940. The van der Waals surface area contributed by atoms with Crippen LogP contribution in [0.15, 0.2) is 12.1 Å².